The fraction of sp³-hybridized carbons (Fsp3) is 0.417. The Kier molecular flexibility index (Phi) is 7.06. The quantitative estimate of drug-likeness (QED) is 0.361. The molecule has 2 N–H and O–H groups in total. The molecule has 11 heteroatoms. The molecule has 0 aliphatic heterocycles. The zero-order valence-corrected chi connectivity index (χ0v) is 20.9. The third-order valence-electron chi connectivity index (χ3n) is 5.51. The van der Waals surface area contributed by atoms with Crippen LogP contribution in [0.2, 0.25) is 0 Å². The van der Waals surface area contributed by atoms with Gasteiger partial charge in [-0.05, 0) is 37.8 Å². The standard InChI is InChI=1S/C24H28N6O4S/c1-13(2)11-30-20-19(23(33)29(4)24(30)34)22(26-14(3)25-20)35-12-18(31)28-17-8-6-5-7-16(17)21(32)27-15-9-10-15/h5-8,13,15H,9-12H2,1-4H3,(H,27,32)(H,28,31). The maximum Gasteiger partial charge on any atom is 0.332 e. The van der Waals surface area contributed by atoms with Crippen LogP contribution in [-0.4, -0.2) is 42.7 Å². The Morgan fingerprint density at radius 2 is 1.89 bits per heavy atom. The smallest absolute Gasteiger partial charge is 0.332 e. The van der Waals surface area contributed by atoms with Crippen LogP contribution in [-0.2, 0) is 18.4 Å². The number of rotatable bonds is 8. The number of nitrogens with zero attached hydrogens (tertiary/aromatic N) is 4. The summed E-state index contributed by atoms with van der Waals surface area (Å²) in [7, 11) is 1.42. The number of anilines is 1. The van der Waals surface area contributed by atoms with Crippen molar-refractivity contribution < 1.29 is 9.59 Å². The summed E-state index contributed by atoms with van der Waals surface area (Å²) >= 11 is 1.09. The number of carbonyl (C=O) groups excluding carboxylic acids is 2. The maximum atomic E-state index is 13.0. The van der Waals surface area contributed by atoms with Crippen molar-refractivity contribution in [1.82, 2.24) is 24.4 Å². The van der Waals surface area contributed by atoms with Crippen molar-refractivity contribution in [2.45, 2.75) is 51.2 Å². The summed E-state index contributed by atoms with van der Waals surface area (Å²) in [4.78, 5) is 59.8. The second-order valence-electron chi connectivity index (χ2n) is 9.06. The summed E-state index contributed by atoms with van der Waals surface area (Å²) in [5, 5.41) is 6.26. The zero-order chi connectivity index (χ0) is 25.3. The molecule has 2 amide bonds. The first-order valence-electron chi connectivity index (χ1n) is 11.5. The Morgan fingerprint density at radius 3 is 2.57 bits per heavy atom. The minimum absolute atomic E-state index is 0.0450. The first kappa shape index (κ1) is 24.6. The second-order valence-corrected chi connectivity index (χ2v) is 10.0. The van der Waals surface area contributed by atoms with Gasteiger partial charge in [0.25, 0.3) is 11.5 Å². The topological polar surface area (TPSA) is 128 Å². The molecule has 0 atom stereocenters. The molecule has 1 aliphatic carbocycles. The number of amides is 2. The van der Waals surface area contributed by atoms with E-state index in [-0.39, 0.29) is 40.6 Å². The van der Waals surface area contributed by atoms with Crippen molar-refractivity contribution in [3.05, 3.63) is 56.5 Å². The fourth-order valence-electron chi connectivity index (χ4n) is 3.68. The van der Waals surface area contributed by atoms with Crippen LogP contribution in [0.25, 0.3) is 11.0 Å². The molecule has 1 aromatic carbocycles. The van der Waals surface area contributed by atoms with Gasteiger partial charge in [-0.3, -0.25) is 23.5 Å². The van der Waals surface area contributed by atoms with E-state index in [1.807, 2.05) is 13.8 Å². The first-order valence-corrected chi connectivity index (χ1v) is 12.4. The van der Waals surface area contributed by atoms with Crippen molar-refractivity contribution >= 4 is 40.3 Å². The Morgan fingerprint density at radius 1 is 1.17 bits per heavy atom. The van der Waals surface area contributed by atoms with Gasteiger partial charge in [0.05, 0.1) is 17.0 Å². The van der Waals surface area contributed by atoms with Gasteiger partial charge >= 0.3 is 5.69 Å². The largest absolute Gasteiger partial charge is 0.349 e. The second kappa shape index (κ2) is 10.0. The lowest BCUT2D eigenvalue weighted by atomic mass is 10.1. The maximum absolute atomic E-state index is 13.0. The van der Waals surface area contributed by atoms with Crippen LogP contribution in [0.15, 0.2) is 38.9 Å². The number of aryl methyl sites for hydroxylation is 1. The summed E-state index contributed by atoms with van der Waals surface area (Å²) in [5.41, 5.74) is 0.137. The van der Waals surface area contributed by atoms with Crippen LogP contribution in [0, 0.1) is 12.8 Å². The summed E-state index contributed by atoms with van der Waals surface area (Å²) in [5.74, 6) is -0.0646. The van der Waals surface area contributed by atoms with Gasteiger partial charge in [-0.25, -0.2) is 14.8 Å². The lowest BCUT2D eigenvalue weighted by Crippen LogP contribution is -2.39. The normalized spacial score (nSPS) is 13.3. The summed E-state index contributed by atoms with van der Waals surface area (Å²) in [6, 6.07) is 7.03. The molecule has 3 aromatic rings. The van der Waals surface area contributed by atoms with Gasteiger partial charge in [0.15, 0.2) is 5.65 Å². The number of fused-ring (bicyclic) bond motifs is 1. The molecule has 1 aliphatic rings. The number of nitrogens with one attached hydrogen (secondary N) is 2. The average molecular weight is 497 g/mol. The predicted molar refractivity (Wildman–Crippen MR) is 135 cm³/mol. The molecule has 10 nitrogen and oxygen atoms in total. The third kappa shape index (κ3) is 5.45. The molecule has 2 heterocycles. The number of hydrogen-bond acceptors (Lipinski definition) is 7. The van der Waals surface area contributed by atoms with Crippen LogP contribution in [0.1, 0.15) is 42.9 Å². The molecule has 4 rings (SSSR count). The minimum atomic E-state index is -0.505. The summed E-state index contributed by atoms with van der Waals surface area (Å²) in [6.07, 6.45) is 1.93. The van der Waals surface area contributed by atoms with Crippen molar-refractivity contribution in [2.75, 3.05) is 11.1 Å². The van der Waals surface area contributed by atoms with E-state index >= 15 is 0 Å². The minimum Gasteiger partial charge on any atom is -0.349 e. The highest BCUT2D eigenvalue weighted by Crippen LogP contribution is 2.24. The molecular formula is C24H28N6O4S. The number of thioether (sulfide) groups is 1. The van der Waals surface area contributed by atoms with Gasteiger partial charge in [0.2, 0.25) is 5.91 Å². The van der Waals surface area contributed by atoms with E-state index in [4.69, 9.17) is 0 Å². The lowest BCUT2D eigenvalue weighted by molar-refractivity contribution is -0.113. The van der Waals surface area contributed by atoms with E-state index in [0.717, 1.165) is 29.2 Å². The number of para-hydroxylation sites is 1. The number of hydrogen-bond donors (Lipinski definition) is 2. The molecule has 35 heavy (non-hydrogen) atoms. The van der Waals surface area contributed by atoms with Crippen molar-refractivity contribution in [3.8, 4) is 0 Å². The Balaban J connectivity index is 1.60. The van der Waals surface area contributed by atoms with Gasteiger partial charge in [-0.15, -0.1) is 0 Å². The molecule has 0 bridgehead atoms. The molecule has 1 fully saturated rings. The van der Waals surface area contributed by atoms with Gasteiger partial charge in [0.1, 0.15) is 16.2 Å². The van der Waals surface area contributed by atoms with E-state index in [1.54, 1.807) is 31.2 Å². The molecule has 2 aromatic heterocycles. The van der Waals surface area contributed by atoms with Gasteiger partial charge < -0.3 is 10.6 Å². The third-order valence-corrected chi connectivity index (χ3v) is 6.48. The molecule has 0 spiro atoms. The monoisotopic (exact) mass is 496 g/mol. The Labute approximate surface area is 206 Å². The van der Waals surface area contributed by atoms with Gasteiger partial charge in [-0.2, -0.15) is 0 Å². The zero-order valence-electron chi connectivity index (χ0n) is 20.1. The number of carbonyl (C=O) groups is 2. The fourth-order valence-corrected chi connectivity index (χ4v) is 4.54. The highest BCUT2D eigenvalue weighted by Gasteiger charge is 2.25. The first-order chi connectivity index (χ1) is 16.7. The van der Waals surface area contributed by atoms with Crippen molar-refractivity contribution in [2.24, 2.45) is 13.0 Å². The van der Waals surface area contributed by atoms with Crippen LogP contribution in [0.4, 0.5) is 5.69 Å². The highest BCUT2D eigenvalue weighted by molar-refractivity contribution is 8.00. The van der Waals surface area contributed by atoms with Crippen LogP contribution in [0.3, 0.4) is 0 Å². The summed E-state index contributed by atoms with van der Waals surface area (Å²) < 4.78 is 2.52. The van der Waals surface area contributed by atoms with E-state index in [0.29, 0.717) is 28.6 Å². The number of aromatic nitrogens is 4. The van der Waals surface area contributed by atoms with E-state index in [9.17, 15) is 19.2 Å². The molecular weight excluding hydrogens is 468 g/mol. The lowest BCUT2D eigenvalue weighted by Gasteiger charge is -2.15. The van der Waals surface area contributed by atoms with Crippen molar-refractivity contribution in [3.63, 3.8) is 0 Å². The van der Waals surface area contributed by atoms with Gasteiger partial charge in [-0.1, -0.05) is 37.7 Å². The van der Waals surface area contributed by atoms with Crippen LogP contribution in [0.5, 0.6) is 0 Å². The predicted octanol–water partition coefficient (Wildman–Crippen LogP) is 2.08. The molecule has 184 valence electrons. The van der Waals surface area contributed by atoms with Crippen LogP contribution < -0.4 is 21.9 Å². The Hall–Kier alpha value is -3.47. The SMILES string of the molecule is Cc1nc(SCC(=O)Nc2ccccc2C(=O)NC2CC2)c2c(=O)n(C)c(=O)n(CC(C)C)c2n1. The molecule has 0 saturated heterocycles. The highest BCUT2D eigenvalue weighted by atomic mass is 32.2. The molecule has 0 unspecified atom stereocenters. The summed E-state index contributed by atoms with van der Waals surface area (Å²) in [6.45, 7) is 6.02. The van der Waals surface area contributed by atoms with E-state index in [1.165, 1.54) is 11.6 Å². The average Bonchev–Trinajstić information content (AvgIpc) is 3.62. The van der Waals surface area contributed by atoms with Gasteiger partial charge in [0, 0.05) is 19.6 Å². The molecule has 1 saturated carbocycles. The van der Waals surface area contributed by atoms with E-state index < -0.39 is 11.2 Å². The molecule has 0 radical (unpaired) electrons. The van der Waals surface area contributed by atoms with Crippen LogP contribution >= 0.6 is 11.8 Å². The van der Waals surface area contributed by atoms with Crippen molar-refractivity contribution in [1.29, 1.82) is 0 Å². The Bertz CT molecular complexity index is 1420. The number of benzene rings is 1. The van der Waals surface area contributed by atoms with E-state index in [2.05, 4.69) is 20.6 Å².